The fraction of sp³-hybridized carbons (Fsp3) is 0.107. The molecule has 0 amide bonds. The van der Waals surface area contributed by atoms with E-state index in [-0.39, 0.29) is 11.8 Å². The Labute approximate surface area is 349 Å². The lowest BCUT2D eigenvalue weighted by molar-refractivity contribution is 0.632. The summed E-state index contributed by atoms with van der Waals surface area (Å²) >= 11 is 0. The molecule has 0 saturated carbocycles. The largest absolute Gasteiger partial charge is 0.452 e. The molecule has 0 bridgehead atoms. The summed E-state index contributed by atoms with van der Waals surface area (Å²) < 4.78 is 14.1. The molecule has 0 unspecified atom stereocenters. The lowest BCUT2D eigenvalue weighted by Gasteiger charge is -2.25. The lowest BCUT2D eigenvalue weighted by Crippen LogP contribution is -2.09. The zero-order valence-electron chi connectivity index (χ0n) is 34.2. The first-order valence-corrected chi connectivity index (χ1v) is 21.0. The van der Waals surface area contributed by atoms with Gasteiger partial charge in [0.1, 0.15) is 11.2 Å². The maximum Gasteiger partial charge on any atom is 0.178 e. The number of anilines is 6. The van der Waals surface area contributed by atoms with Crippen LogP contribution in [-0.4, -0.2) is 0 Å². The van der Waals surface area contributed by atoms with Gasteiger partial charge in [0.05, 0.1) is 0 Å². The Balaban J connectivity index is 1.12. The van der Waals surface area contributed by atoms with Gasteiger partial charge in [-0.3, -0.25) is 0 Å². The summed E-state index contributed by atoms with van der Waals surface area (Å²) in [5.74, 6) is 0.516. The third-order valence-electron chi connectivity index (χ3n) is 12.0. The van der Waals surface area contributed by atoms with Gasteiger partial charge in [-0.1, -0.05) is 113 Å². The van der Waals surface area contributed by atoms with Crippen LogP contribution >= 0.6 is 0 Å². The van der Waals surface area contributed by atoms with Crippen molar-refractivity contribution in [1.82, 2.24) is 0 Å². The van der Waals surface area contributed by atoms with Gasteiger partial charge in [0.25, 0.3) is 0 Å². The molecular formula is C56H44N2O2. The first-order chi connectivity index (χ1) is 29.4. The number of furan rings is 2. The smallest absolute Gasteiger partial charge is 0.178 e. The summed E-state index contributed by atoms with van der Waals surface area (Å²) in [5.41, 5.74) is 12.6. The molecule has 2 aromatic heterocycles. The minimum atomic E-state index is 0.258. The summed E-state index contributed by atoms with van der Waals surface area (Å²) in [5, 5.41) is 9.14. The Kier molecular flexibility index (Phi) is 8.49. The maximum absolute atomic E-state index is 7.03. The van der Waals surface area contributed by atoms with Crippen molar-refractivity contribution in [3.8, 4) is 0 Å². The summed E-state index contributed by atoms with van der Waals surface area (Å²) in [7, 11) is 0. The van der Waals surface area contributed by atoms with Gasteiger partial charge in [-0.25, -0.2) is 0 Å². The third kappa shape index (κ3) is 5.82. The van der Waals surface area contributed by atoms with E-state index in [4.69, 9.17) is 8.83 Å². The minimum absolute atomic E-state index is 0.258. The van der Waals surface area contributed by atoms with Crippen molar-refractivity contribution in [1.29, 1.82) is 0 Å². The molecule has 2 heterocycles. The first kappa shape index (κ1) is 35.8. The van der Waals surface area contributed by atoms with E-state index in [1.165, 1.54) is 21.9 Å². The van der Waals surface area contributed by atoms with Crippen molar-refractivity contribution < 1.29 is 8.83 Å². The highest BCUT2D eigenvalue weighted by molar-refractivity contribution is 6.24. The Morgan fingerprint density at radius 2 is 0.667 bits per heavy atom. The molecule has 0 saturated heterocycles. The van der Waals surface area contributed by atoms with E-state index in [1.54, 1.807) is 0 Å². The molecule has 4 heteroatoms. The molecule has 60 heavy (non-hydrogen) atoms. The number of hydrogen-bond acceptors (Lipinski definition) is 4. The van der Waals surface area contributed by atoms with E-state index in [0.717, 1.165) is 88.8 Å². The number of nitrogens with zero attached hydrogens (tertiary/aromatic N) is 2. The molecular weight excluding hydrogens is 733 g/mol. The predicted octanol–water partition coefficient (Wildman–Crippen LogP) is 17.0. The first-order valence-electron chi connectivity index (χ1n) is 21.0. The van der Waals surface area contributed by atoms with E-state index < -0.39 is 0 Å². The number of rotatable bonds is 8. The number of fused-ring (bicyclic) bond motifs is 9. The van der Waals surface area contributed by atoms with Crippen molar-refractivity contribution in [2.75, 3.05) is 9.80 Å². The fourth-order valence-electron chi connectivity index (χ4n) is 9.46. The van der Waals surface area contributed by atoms with Crippen LogP contribution in [0.3, 0.4) is 0 Å². The number of benzene rings is 9. The van der Waals surface area contributed by atoms with Gasteiger partial charge in [-0.05, 0) is 142 Å². The second-order valence-corrected chi connectivity index (χ2v) is 16.5. The molecule has 0 aliphatic rings. The van der Waals surface area contributed by atoms with E-state index in [2.05, 4.69) is 219 Å². The molecule has 11 aromatic rings. The molecule has 0 fully saturated rings. The molecule has 290 valence electrons. The highest BCUT2D eigenvalue weighted by atomic mass is 16.4. The molecule has 4 nitrogen and oxygen atoms in total. The van der Waals surface area contributed by atoms with Crippen LogP contribution in [0.15, 0.2) is 191 Å². The summed E-state index contributed by atoms with van der Waals surface area (Å²) in [6.07, 6.45) is 0. The zero-order valence-corrected chi connectivity index (χ0v) is 34.2. The van der Waals surface area contributed by atoms with Crippen LogP contribution in [0.1, 0.15) is 50.7 Å². The van der Waals surface area contributed by atoms with Crippen LogP contribution in [0, 0.1) is 0 Å². The summed E-state index contributed by atoms with van der Waals surface area (Å²) in [6, 6.07) is 64.8. The van der Waals surface area contributed by atoms with E-state index in [1.807, 2.05) is 0 Å². The maximum atomic E-state index is 7.03. The van der Waals surface area contributed by atoms with Crippen molar-refractivity contribution in [3.63, 3.8) is 0 Å². The zero-order chi connectivity index (χ0) is 40.5. The SMILES string of the molecule is CC(C)c1c(C(C)C)c2c3cc4ccc(N(c5ccccc5)c5ccccc5)cc4cc3oc2c2oc3cc4cc(N(c5ccccc5)c5ccccc5)ccc4cc3c12. The fourth-order valence-corrected chi connectivity index (χ4v) is 9.46. The highest BCUT2D eigenvalue weighted by Gasteiger charge is 2.28. The average Bonchev–Trinajstić information content (AvgIpc) is 3.83. The molecule has 0 radical (unpaired) electrons. The van der Waals surface area contributed by atoms with Crippen LogP contribution in [0.4, 0.5) is 34.1 Å². The van der Waals surface area contributed by atoms with Crippen LogP contribution < -0.4 is 9.80 Å². The van der Waals surface area contributed by atoms with E-state index >= 15 is 0 Å². The molecule has 0 aliphatic heterocycles. The summed E-state index contributed by atoms with van der Waals surface area (Å²) in [6.45, 7) is 9.24. The second kappa shape index (κ2) is 14.2. The van der Waals surface area contributed by atoms with Crippen molar-refractivity contribution in [2.24, 2.45) is 0 Å². The third-order valence-corrected chi connectivity index (χ3v) is 12.0. The van der Waals surface area contributed by atoms with Gasteiger partial charge in [0.2, 0.25) is 0 Å². The van der Waals surface area contributed by atoms with Gasteiger partial charge in [0.15, 0.2) is 11.2 Å². The molecule has 0 spiro atoms. The summed E-state index contributed by atoms with van der Waals surface area (Å²) in [4.78, 5) is 4.61. The second-order valence-electron chi connectivity index (χ2n) is 16.5. The number of hydrogen-bond donors (Lipinski definition) is 0. The standard InChI is InChI=1S/C56H44N2O2/c1-35(2)51-52(36(3)4)54-48-32-38-26-28-46(58(43-21-13-7-14-22-43)44-23-15-8-16-24-44)30-40(38)34-50(48)60-56(54)55-53(51)47-31-37-25-27-45(29-39(37)33-49(47)59-55)57(41-17-9-5-10-18-41)42-19-11-6-12-20-42/h5-36H,1-4H3. The van der Waals surface area contributed by atoms with Crippen LogP contribution in [0.2, 0.25) is 0 Å². The Morgan fingerprint density at radius 1 is 0.333 bits per heavy atom. The Hall–Kier alpha value is -7.30. The minimum Gasteiger partial charge on any atom is -0.452 e. The molecule has 11 rings (SSSR count). The van der Waals surface area contributed by atoms with Gasteiger partial charge in [-0.2, -0.15) is 0 Å². The molecule has 9 aromatic carbocycles. The van der Waals surface area contributed by atoms with E-state index in [9.17, 15) is 0 Å². The van der Waals surface area contributed by atoms with Crippen LogP contribution in [0.5, 0.6) is 0 Å². The quantitative estimate of drug-likeness (QED) is 0.154. The molecule has 0 atom stereocenters. The van der Waals surface area contributed by atoms with Gasteiger partial charge in [0, 0.05) is 55.7 Å². The molecule has 0 aliphatic carbocycles. The average molecular weight is 777 g/mol. The van der Waals surface area contributed by atoms with Gasteiger partial charge >= 0.3 is 0 Å². The molecule has 0 N–H and O–H groups in total. The van der Waals surface area contributed by atoms with Crippen molar-refractivity contribution in [3.05, 3.63) is 193 Å². The predicted molar refractivity (Wildman–Crippen MR) is 254 cm³/mol. The Morgan fingerprint density at radius 3 is 0.983 bits per heavy atom. The topological polar surface area (TPSA) is 32.8 Å². The van der Waals surface area contributed by atoms with Crippen LogP contribution in [0.25, 0.3) is 65.4 Å². The van der Waals surface area contributed by atoms with Gasteiger partial charge in [-0.15, -0.1) is 0 Å². The normalized spacial score (nSPS) is 12.0. The highest BCUT2D eigenvalue weighted by Crippen LogP contribution is 2.49. The Bertz CT molecular complexity index is 3060. The van der Waals surface area contributed by atoms with Crippen molar-refractivity contribution in [2.45, 2.75) is 39.5 Å². The van der Waals surface area contributed by atoms with E-state index in [0.29, 0.717) is 0 Å². The monoisotopic (exact) mass is 776 g/mol. The number of para-hydroxylation sites is 4. The van der Waals surface area contributed by atoms with Gasteiger partial charge < -0.3 is 18.6 Å². The van der Waals surface area contributed by atoms with Crippen LogP contribution in [-0.2, 0) is 0 Å². The lowest BCUT2D eigenvalue weighted by atomic mass is 9.84. The van der Waals surface area contributed by atoms with Crippen molar-refractivity contribution >= 4 is 99.5 Å².